The number of carbonyl (C=O) groups excluding carboxylic acids is 1. The minimum atomic E-state index is -1.97. The van der Waals surface area contributed by atoms with Crippen molar-refractivity contribution in [3.05, 3.63) is 26.3 Å². The van der Waals surface area contributed by atoms with E-state index in [-0.39, 0.29) is 5.04 Å². The van der Waals surface area contributed by atoms with Crippen molar-refractivity contribution >= 4 is 48.8 Å². The lowest BCUT2D eigenvalue weighted by Crippen LogP contribution is -2.44. The van der Waals surface area contributed by atoms with Gasteiger partial charge in [-0.3, -0.25) is 4.79 Å². The standard InChI is InChI=1S/C13H18ClIO2Si/c1-13(2,3)18(4,5)17-12-9(8-16)6-7-10(14)11(12)15/h6-8H,1-5H3. The van der Waals surface area contributed by atoms with Crippen LogP contribution in [0.3, 0.4) is 0 Å². The molecule has 0 saturated carbocycles. The van der Waals surface area contributed by atoms with Gasteiger partial charge in [-0.2, -0.15) is 0 Å². The van der Waals surface area contributed by atoms with Crippen molar-refractivity contribution in [3.63, 3.8) is 0 Å². The smallest absolute Gasteiger partial charge is 0.250 e. The number of hydrogen-bond donors (Lipinski definition) is 0. The third kappa shape index (κ3) is 3.27. The van der Waals surface area contributed by atoms with Crippen molar-refractivity contribution < 1.29 is 9.22 Å². The molecule has 0 fully saturated rings. The Morgan fingerprint density at radius 3 is 2.33 bits per heavy atom. The van der Waals surface area contributed by atoms with E-state index in [1.807, 2.05) is 0 Å². The molecule has 0 N–H and O–H groups in total. The van der Waals surface area contributed by atoms with Crippen LogP contribution in [0, 0.1) is 3.57 Å². The number of halogens is 2. The van der Waals surface area contributed by atoms with E-state index < -0.39 is 8.32 Å². The molecule has 0 amide bonds. The summed E-state index contributed by atoms with van der Waals surface area (Å²) >= 11 is 8.23. The van der Waals surface area contributed by atoms with E-state index in [1.54, 1.807) is 12.1 Å². The van der Waals surface area contributed by atoms with Crippen molar-refractivity contribution in [1.82, 2.24) is 0 Å². The van der Waals surface area contributed by atoms with Gasteiger partial charge in [0.1, 0.15) is 5.75 Å². The third-order valence-electron chi connectivity index (χ3n) is 3.37. The maximum absolute atomic E-state index is 11.1. The number of aldehydes is 1. The molecule has 0 aliphatic rings. The molecule has 0 aromatic heterocycles. The number of rotatable bonds is 3. The van der Waals surface area contributed by atoms with Crippen molar-refractivity contribution in [3.8, 4) is 5.75 Å². The molecular weight excluding hydrogens is 379 g/mol. The molecule has 1 rings (SSSR count). The minimum Gasteiger partial charge on any atom is -0.542 e. The van der Waals surface area contributed by atoms with Crippen molar-refractivity contribution in [2.75, 3.05) is 0 Å². The first-order valence-electron chi connectivity index (χ1n) is 5.72. The molecule has 0 bridgehead atoms. The summed E-state index contributed by atoms with van der Waals surface area (Å²) in [7, 11) is -1.97. The van der Waals surface area contributed by atoms with E-state index in [9.17, 15) is 4.79 Å². The fourth-order valence-corrected chi connectivity index (χ4v) is 3.15. The molecule has 1 aromatic rings. The summed E-state index contributed by atoms with van der Waals surface area (Å²) in [5.74, 6) is 0.629. The van der Waals surface area contributed by atoms with Crippen molar-refractivity contribution in [1.29, 1.82) is 0 Å². The van der Waals surface area contributed by atoms with Crippen LogP contribution in [0.5, 0.6) is 5.75 Å². The van der Waals surface area contributed by atoms with E-state index in [1.165, 1.54) is 0 Å². The summed E-state index contributed by atoms with van der Waals surface area (Å²) < 4.78 is 7.02. The summed E-state index contributed by atoms with van der Waals surface area (Å²) in [6.45, 7) is 10.8. The highest BCUT2D eigenvalue weighted by Gasteiger charge is 2.39. The zero-order valence-electron chi connectivity index (χ0n) is 11.3. The highest BCUT2D eigenvalue weighted by molar-refractivity contribution is 14.1. The summed E-state index contributed by atoms with van der Waals surface area (Å²) in [5.41, 5.74) is 0.564. The van der Waals surface area contributed by atoms with E-state index in [0.29, 0.717) is 16.3 Å². The van der Waals surface area contributed by atoms with Gasteiger partial charge in [0.05, 0.1) is 14.2 Å². The topological polar surface area (TPSA) is 26.3 Å². The molecule has 2 nitrogen and oxygen atoms in total. The summed E-state index contributed by atoms with van der Waals surface area (Å²) in [4.78, 5) is 11.1. The molecule has 0 radical (unpaired) electrons. The van der Waals surface area contributed by atoms with Gasteiger partial charge in [0.15, 0.2) is 6.29 Å². The van der Waals surface area contributed by atoms with Crippen LogP contribution in [0.4, 0.5) is 0 Å². The van der Waals surface area contributed by atoms with Crippen LogP contribution in [-0.2, 0) is 0 Å². The molecule has 0 atom stereocenters. The predicted octanol–water partition coefficient (Wildman–Crippen LogP) is 5.14. The molecule has 0 heterocycles. The number of hydrogen-bond acceptors (Lipinski definition) is 2. The molecule has 1 aromatic carbocycles. The van der Waals surface area contributed by atoms with Gasteiger partial charge in [-0.15, -0.1) is 0 Å². The van der Waals surface area contributed by atoms with Crippen LogP contribution in [0.2, 0.25) is 23.2 Å². The Bertz CT molecular complexity index is 467. The molecule has 0 unspecified atom stereocenters. The first-order valence-corrected chi connectivity index (χ1v) is 10.1. The summed E-state index contributed by atoms with van der Waals surface area (Å²) in [6, 6.07) is 3.44. The minimum absolute atomic E-state index is 0.0819. The molecule has 5 heteroatoms. The van der Waals surface area contributed by atoms with E-state index in [0.717, 1.165) is 9.86 Å². The summed E-state index contributed by atoms with van der Waals surface area (Å²) in [5, 5.41) is 0.702. The van der Waals surface area contributed by atoms with Crippen LogP contribution in [-0.4, -0.2) is 14.6 Å². The monoisotopic (exact) mass is 396 g/mol. The van der Waals surface area contributed by atoms with E-state index >= 15 is 0 Å². The van der Waals surface area contributed by atoms with Gasteiger partial charge in [0, 0.05) is 0 Å². The second kappa shape index (κ2) is 5.51. The van der Waals surface area contributed by atoms with Crippen LogP contribution in [0.15, 0.2) is 12.1 Å². The summed E-state index contributed by atoms with van der Waals surface area (Å²) in [6.07, 6.45) is 0.820. The first-order chi connectivity index (χ1) is 8.10. The molecule has 0 saturated heterocycles. The fraction of sp³-hybridized carbons (Fsp3) is 0.462. The fourth-order valence-electron chi connectivity index (χ4n) is 1.15. The van der Waals surface area contributed by atoms with Gasteiger partial charge >= 0.3 is 0 Å². The number of carbonyl (C=O) groups is 1. The third-order valence-corrected chi connectivity index (χ3v) is 9.40. The second-order valence-electron chi connectivity index (χ2n) is 5.76. The lowest BCUT2D eigenvalue weighted by atomic mass is 10.2. The average molecular weight is 397 g/mol. The second-order valence-corrected chi connectivity index (χ2v) is 12.0. The van der Waals surface area contributed by atoms with Crippen LogP contribution < -0.4 is 4.43 Å². The zero-order chi connectivity index (χ0) is 14.1. The van der Waals surface area contributed by atoms with Crippen LogP contribution >= 0.6 is 34.2 Å². The SMILES string of the molecule is CC(C)(C)[Si](C)(C)Oc1c(C=O)ccc(Cl)c1I. The predicted molar refractivity (Wildman–Crippen MR) is 87.4 cm³/mol. The maximum Gasteiger partial charge on any atom is 0.250 e. The Hall–Kier alpha value is -0.0731. The van der Waals surface area contributed by atoms with Gasteiger partial charge in [-0.05, 0) is 52.9 Å². The molecule has 0 spiro atoms. The van der Waals surface area contributed by atoms with Gasteiger partial charge in [0.2, 0.25) is 0 Å². The highest BCUT2D eigenvalue weighted by Crippen LogP contribution is 2.40. The Kier molecular flexibility index (Phi) is 4.89. The number of benzene rings is 1. The Morgan fingerprint density at radius 2 is 1.89 bits per heavy atom. The van der Waals surface area contributed by atoms with Gasteiger partial charge < -0.3 is 4.43 Å². The molecule has 18 heavy (non-hydrogen) atoms. The molecular formula is C13H18ClIO2Si. The lowest BCUT2D eigenvalue weighted by Gasteiger charge is -2.37. The van der Waals surface area contributed by atoms with Crippen LogP contribution in [0.25, 0.3) is 0 Å². The Morgan fingerprint density at radius 1 is 1.33 bits per heavy atom. The maximum atomic E-state index is 11.1. The average Bonchev–Trinajstić information content (AvgIpc) is 2.23. The van der Waals surface area contributed by atoms with Crippen LogP contribution in [0.1, 0.15) is 31.1 Å². The lowest BCUT2D eigenvalue weighted by molar-refractivity contribution is 0.112. The molecule has 0 aliphatic heterocycles. The molecule has 100 valence electrons. The highest BCUT2D eigenvalue weighted by atomic mass is 127. The Balaban J connectivity index is 3.26. The zero-order valence-corrected chi connectivity index (χ0v) is 15.2. The van der Waals surface area contributed by atoms with Crippen molar-refractivity contribution in [2.24, 2.45) is 0 Å². The van der Waals surface area contributed by atoms with Crippen molar-refractivity contribution in [2.45, 2.75) is 38.9 Å². The normalized spacial score (nSPS) is 12.4. The van der Waals surface area contributed by atoms with Gasteiger partial charge in [0.25, 0.3) is 8.32 Å². The van der Waals surface area contributed by atoms with E-state index in [2.05, 4.69) is 56.5 Å². The first kappa shape index (κ1) is 16.0. The largest absolute Gasteiger partial charge is 0.542 e. The quantitative estimate of drug-likeness (QED) is 0.402. The van der Waals surface area contributed by atoms with Gasteiger partial charge in [-0.25, -0.2) is 0 Å². The van der Waals surface area contributed by atoms with Gasteiger partial charge in [-0.1, -0.05) is 32.4 Å². The molecule has 0 aliphatic carbocycles. The Labute approximate surface area is 128 Å². The van der Waals surface area contributed by atoms with E-state index in [4.69, 9.17) is 16.0 Å².